The molecule has 0 spiro atoms. The molecule has 1 aliphatic rings. The van der Waals surface area contributed by atoms with Crippen LogP contribution in [0.2, 0.25) is 0 Å². The van der Waals surface area contributed by atoms with Gasteiger partial charge in [-0.25, -0.2) is 0 Å². The van der Waals surface area contributed by atoms with Gasteiger partial charge in [-0.3, -0.25) is 4.79 Å². The maximum absolute atomic E-state index is 11.1. The normalized spacial score (nSPS) is 18.4. The number of carbonyl (C=O) groups excluding carboxylic acids is 1. The molecule has 0 aromatic heterocycles. The molecule has 0 atom stereocenters. The molecule has 0 unspecified atom stereocenters. The first-order valence-electron chi connectivity index (χ1n) is 3.50. The molecule has 0 saturated heterocycles. The van der Waals surface area contributed by atoms with E-state index in [1.54, 1.807) is 0 Å². The van der Waals surface area contributed by atoms with Gasteiger partial charge in [0.2, 0.25) is 0 Å². The second kappa shape index (κ2) is 2.08. The van der Waals surface area contributed by atoms with Crippen molar-refractivity contribution in [3.8, 4) is 0 Å². The molecule has 0 heterocycles. The molecule has 0 saturated carbocycles. The van der Waals surface area contributed by atoms with Crippen molar-refractivity contribution in [2.24, 2.45) is 5.92 Å². The summed E-state index contributed by atoms with van der Waals surface area (Å²) in [4.78, 5) is 11.1. The van der Waals surface area contributed by atoms with Gasteiger partial charge in [0, 0.05) is 11.1 Å². The number of rotatable bonds is 1. The summed E-state index contributed by atoms with van der Waals surface area (Å²) in [6, 6.07) is 0. The highest BCUT2D eigenvalue weighted by atomic mass is 16.1. The van der Waals surface area contributed by atoms with E-state index >= 15 is 0 Å². The van der Waals surface area contributed by atoms with E-state index in [2.05, 4.69) is 6.58 Å². The maximum Gasteiger partial charge on any atom is 0.189 e. The van der Waals surface area contributed by atoms with E-state index in [1.807, 2.05) is 20.8 Å². The highest BCUT2D eigenvalue weighted by Gasteiger charge is 2.29. The second-order valence-corrected chi connectivity index (χ2v) is 3.00. The summed E-state index contributed by atoms with van der Waals surface area (Å²) in [6.45, 7) is 9.67. The van der Waals surface area contributed by atoms with Crippen molar-refractivity contribution in [3.63, 3.8) is 0 Å². The van der Waals surface area contributed by atoms with Gasteiger partial charge in [-0.15, -0.1) is 0 Å². The second-order valence-electron chi connectivity index (χ2n) is 3.00. The highest BCUT2D eigenvalue weighted by Crippen LogP contribution is 2.33. The minimum atomic E-state index is 0.160. The minimum absolute atomic E-state index is 0.160. The molecule has 0 aromatic carbocycles. The summed E-state index contributed by atoms with van der Waals surface area (Å²) in [6.07, 6.45) is 0. The van der Waals surface area contributed by atoms with Crippen LogP contribution in [-0.4, -0.2) is 5.78 Å². The lowest BCUT2D eigenvalue weighted by Crippen LogP contribution is -2.23. The predicted molar refractivity (Wildman–Crippen MR) is 41.7 cm³/mol. The highest BCUT2D eigenvalue weighted by molar-refractivity contribution is 6.19. The monoisotopic (exact) mass is 136 g/mol. The van der Waals surface area contributed by atoms with E-state index in [-0.39, 0.29) is 5.78 Å². The summed E-state index contributed by atoms with van der Waals surface area (Å²) in [7, 11) is 0. The van der Waals surface area contributed by atoms with E-state index in [9.17, 15) is 4.79 Å². The third-order valence-electron chi connectivity index (χ3n) is 1.95. The van der Waals surface area contributed by atoms with Crippen molar-refractivity contribution >= 4 is 5.78 Å². The van der Waals surface area contributed by atoms with Gasteiger partial charge in [0.15, 0.2) is 5.78 Å². The molecule has 10 heavy (non-hydrogen) atoms. The number of Topliss-reactive ketones (excluding diaryl/α,β-unsaturated/α-hetero) is 1. The molecular formula is C9H12O. The molecule has 0 amide bonds. The van der Waals surface area contributed by atoms with Crippen molar-refractivity contribution in [2.75, 3.05) is 0 Å². The fraction of sp³-hybridized carbons (Fsp3) is 0.444. The van der Waals surface area contributed by atoms with Crippen LogP contribution < -0.4 is 0 Å². The van der Waals surface area contributed by atoms with Gasteiger partial charge in [-0.1, -0.05) is 20.4 Å². The average Bonchev–Trinajstić information content (AvgIpc) is 1.87. The first-order chi connectivity index (χ1) is 4.55. The van der Waals surface area contributed by atoms with Crippen LogP contribution in [0.5, 0.6) is 0 Å². The van der Waals surface area contributed by atoms with Crippen molar-refractivity contribution in [1.29, 1.82) is 0 Å². The van der Waals surface area contributed by atoms with Crippen molar-refractivity contribution in [3.05, 3.63) is 23.3 Å². The smallest absolute Gasteiger partial charge is 0.189 e. The first-order valence-corrected chi connectivity index (χ1v) is 3.50. The molecule has 0 N–H and O–H groups in total. The van der Waals surface area contributed by atoms with Crippen LogP contribution in [0.1, 0.15) is 20.8 Å². The predicted octanol–water partition coefficient (Wildman–Crippen LogP) is 2.10. The number of ketones is 1. The van der Waals surface area contributed by atoms with E-state index in [4.69, 9.17) is 0 Å². The Balaban J connectivity index is 3.00. The van der Waals surface area contributed by atoms with Crippen molar-refractivity contribution in [1.82, 2.24) is 0 Å². The van der Waals surface area contributed by atoms with Gasteiger partial charge in [0.25, 0.3) is 0 Å². The molecule has 0 aromatic rings. The van der Waals surface area contributed by atoms with Crippen LogP contribution >= 0.6 is 0 Å². The Morgan fingerprint density at radius 1 is 1.40 bits per heavy atom. The Hall–Kier alpha value is -0.850. The summed E-state index contributed by atoms with van der Waals surface area (Å²) in [5, 5.41) is 0. The van der Waals surface area contributed by atoms with E-state index in [0.717, 1.165) is 11.1 Å². The fourth-order valence-electron chi connectivity index (χ4n) is 1.30. The van der Waals surface area contributed by atoms with Gasteiger partial charge in [0.1, 0.15) is 0 Å². The Kier molecular flexibility index (Phi) is 1.51. The lowest BCUT2D eigenvalue weighted by Gasteiger charge is -2.24. The van der Waals surface area contributed by atoms with Gasteiger partial charge < -0.3 is 0 Å². The molecular weight excluding hydrogens is 124 g/mol. The van der Waals surface area contributed by atoms with Gasteiger partial charge in [0.05, 0.1) is 0 Å². The van der Waals surface area contributed by atoms with E-state index in [1.165, 1.54) is 0 Å². The molecule has 0 fully saturated rings. The van der Waals surface area contributed by atoms with Crippen LogP contribution in [-0.2, 0) is 4.79 Å². The largest absolute Gasteiger partial charge is 0.289 e. The summed E-state index contributed by atoms with van der Waals surface area (Å²) in [5.74, 6) is 0.519. The van der Waals surface area contributed by atoms with Gasteiger partial charge >= 0.3 is 0 Å². The number of hydrogen-bond donors (Lipinski definition) is 0. The summed E-state index contributed by atoms with van der Waals surface area (Å²) < 4.78 is 0. The average molecular weight is 136 g/mol. The number of carbonyl (C=O) groups is 1. The first kappa shape index (κ1) is 7.26. The van der Waals surface area contributed by atoms with Crippen molar-refractivity contribution < 1.29 is 4.79 Å². The van der Waals surface area contributed by atoms with Crippen LogP contribution in [0, 0.1) is 5.92 Å². The van der Waals surface area contributed by atoms with Crippen LogP contribution in [0.15, 0.2) is 23.3 Å². The standard InChI is InChI=1S/C9H12O/c1-5(2)8-6(3)7(4)9(8)10/h5H,4H2,1-3H3. The van der Waals surface area contributed by atoms with Gasteiger partial charge in [-0.05, 0) is 18.4 Å². The molecule has 0 radical (unpaired) electrons. The van der Waals surface area contributed by atoms with E-state index in [0.29, 0.717) is 11.5 Å². The topological polar surface area (TPSA) is 17.1 Å². The van der Waals surface area contributed by atoms with Gasteiger partial charge in [-0.2, -0.15) is 0 Å². The Labute approximate surface area is 61.4 Å². The third-order valence-corrected chi connectivity index (χ3v) is 1.95. The molecule has 0 aliphatic heterocycles. The SMILES string of the molecule is C=C1C(=O)C(C(C)C)=C1C. The maximum atomic E-state index is 11.1. The molecule has 1 aliphatic carbocycles. The number of allylic oxidation sites excluding steroid dienone is 3. The molecule has 1 heteroatoms. The lowest BCUT2D eigenvalue weighted by molar-refractivity contribution is -0.113. The Morgan fingerprint density at radius 3 is 2.10 bits per heavy atom. The van der Waals surface area contributed by atoms with Crippen LogP contribution in [0.4, 0.5) is 0 Å². The fourth-order valence-corrected chi connectivity index (χ4v) is 1.30. The van der Waals surface area contributed by atoms with Crippen molar-refractivity contribution in [2.45, 2.75) is 20.8 Å². The summed E-state index contributed by atoms with van der Waals surface area (Å²) >= 11 is 0. The zero-order chi connectivity index (χ0) is 7.89. The molecule has 0 bridgehead atoms. The van der Waals surface area contributed by atoms with Crippen LogP contribution in [0.3, 0.4) is 0 Å². The number of hydrogen-bond acceptors (Lipinski definition) is 1. The zero-order valence-corrected chi connectivity index (χ0v) is 6.69. The quantitative estimate of drug-likeness (QED) is 0.504. The van der Waals surface area contributed by atoms with Crippen LogP contribution in [0.25, 0.3) is 0 Å². The van der Waals surface area contributed by atoms with E-state index < -0.39 is 0 Å². The lowest BCUT2D eigenvalue weighted by atomic mass is 9.78. The molecule has 1 nitrogen and oxygen atoms in total. The third kappa shape index (κ3) is 0.737. The molecule has 1 rings (SSSR count). The Morgan fingerprint density at radius 2 is 1.90 bits per heavy atom. The summed E-state index contributed by atoms with van der Waals surface area (Å²) in [5.41, 5.74) is 2.76. The zero-order valence-electron chi connectivity index (χ0n) is 6.69. The minimum Gasteiger partial charge on any atom is -0.289 e. The molecule has 54 valence electrons. The Bertz CT molecular complexity index is 231.